The summed E-state index contributed by atoms with van der Waals surface area (Å²) in [6.45, 7) is 3.06. The van der Waals surface area contributed by atoms with Gasteiger partial charge in [0.25, 0.3) is 0 Å². The van der Waals surface area contributed by atoms with Crippen molar-refractivity contribution in [3.05, 3.63) is 36.9 Å². The molecule has 92 valence electrons. The Morgan fingerprint density at radius 2 is 2.22 bits per heavy atom. The van der Waals surface area contributed by atoms with Gasteiger partial charge < -0.3 is 10.3 Å². The van der Waals surface area contributed by atoms with Gasteiger partial charge in [-0.05, 0) is 18.6 Å². The van der Waals surface area contributed by atoms with Gasteiger partial charge in [0.05, 0.1) is 18.2 Å². The number of aromatic nitrogens is 4. The normalized spacial score (nSPS) is 11.2. The van der Waals surface area contributed by atoms with Crippen LogP contribution in [0.15, 0.2) is 36.9 Å². The van der Waals surface area contributed by atoms with Crippen molar-refractivity contribution in [2.24, 2.45) is 0 Å². The van der Waals surface area contributed by atoms with Crippen LogP contribution < -0.4 is 5.73 Å². The van der Waals surface area contributed by atoms with Crippen LogP contribution in [0.3, 0.4) is 0 Å². The quantitative estimate of drug-likeness (QED) is 0.764. The third-order valence-corrected chi connectivity index (χ3v) is 2.99. The number of fused-ring (bicyclic) bond motifs is 1. The molecule has 0 atom stereocenters. The first-order valence-electron chi connectivity index (χ1n) is 6.04. The number of pyridine rings is 1. The summed E-state index contributed by atoms with van der Waals surface area (Å²) in [5.74, 6) is 0.656. The fourth-order valence-corrected chi connectivity index (χ4v) is 2.14. The van der Waals surface area contributed by atoms with Crippen LogP contribution in [0, 0.1) is 0 Å². The standard InChI is InChI=1S/C13H15N5/c1-2-6-17-9-15-8-10(17)12-13(14)18-7-4-3-5-11(18)16-12/h3-5,7-9H,2,6,14H2,1H3. The molecule has 3 heterocycles. The summed E-state index contributed by atoms with van der Waals surface area (Å²) in [6.07, 6.45) is 6.61. The van der Waals surface area contributed by atoms with Crippen LogP contribution in [0.5, 0.6) is 0 Å². The van der Waals surface area contributed by atoms with Crippen molar-refractivity contribution in [3.63, 3.8) is 0 Å². The number of imidazole rings is 2. The van der Waals surface area contributed by atoms with Crippen molar-refractivity contribution >= 4 is 11.5 Å². The Kier molecular flexibility index (Phi) is 2.51. The summed E-state index contributed by atoms with van der Waals surface area (Å²) in [5.41, 5.74) is 8.78. The van der Waals surface area contributed by atoms with Gasteiger partial charge in [0, 0.05) is 12.7 Å². The lowest BCUT2D eigenvalue weighted by molar-refractivity contribution is 0.683. The van der Waals surface area contributed by atoms with E-state index >= 15 is 0 Å². The predicted octanol–water partition coefficient (Wildman–Crippen LogP) is 2.19. The number of nitrogen functional groups attached to an aromatic ring is 1. The van der Waals surface area contributed by atoms with E-state index in [2.05, 4.69) is 21.5 Å². The summed E-state index contributed by atoms with van der Waals surface area (Å²) < 4.78 is 3.97. The molecule has 0 aromatic carbocycles. The lowest BCUT2D eigenvalue weighted by Crippen LogP contribution is -2.00. The van der Waals surface area contributed by atoms with Gasteiger partial charge >= 0.3 is 0 Å². The van der Waals surface area contributed by atoms with E-state index in [1.165, 1.54) is 0 Å². The van der Waals surface area contributed by atoms with E-state index in [4.69, 9.17) is 5.73 Å². The molecule has 0 aliphatic carbocycles. The largest absolute Gasteiger partial charge is 0.383 e. The molecular weight excluding hydrogens is 226 g/mol. The maximum Gasteiger partial charge on any atom is 0.139 e. The molecule has 0 spiro atoms. The molecule has 0 saturated heterocycles. The average molecular weight is 241 g/mol. The van der Waals surface area contributed by atoms with E-state index < -0.39 is 0 Å². The van der Waals surface area contributed by atoms with E-state index in [1.807, 2.05) is 41.3 Å². The van der Waals surface area contributed by atoms with Crippen LogP contribution >= 0.6 is 0 Å². The summed E-state index contributed by atoms with van der Waals surface area (Å²) in [4.78, 5) is 8.76. The minimum absolute atomic E-state index is 0.656. The van der Waals surface area contributed by atoms with E-state index in [-0.39, 0.29) is 0 Å². The number of nitrogens with zero attached hydrogens (tertiary/aromatic N) is 4. The van der Waals surface area contributed by atoms with Gasteiger partial charge in [-0.2, -0.15) is 0 Å². The van der Waals surface area contributed by atoms with Crippen LogP contribution in [0.25, 0.3) is 17.0 Å². The van der Waals surface area contributed by atoms with Gasteiger partial charge in [-0.3, -0.25) is 4.40 Å². The molecule has 18 heavy (non-hydrogen) atoms. The smallest absolute Gasteiger partial charge is 0.139 e. The molecule has 3 rings (SSSR count). The molecule has 3 aromatic heterocycles. The highest BCUT2D eigenvalue weighted by Gasteiger charge is 2.14. The molecule has 0 aliphatic rings. The van der Waals surface area contributed by atoms with Gasteiger partial charge in [-0.25, -0.2) is 9.97 Å². The maximum atomic E-state index is 6.15. The van der Waals surface area contributed by atoms with Gasteiger partial charge in [-0.1, -0.05) is 13.0 Å². The zero-order valence-corrected chi connectivity index (χ0v) is 10.2. The number of hydrogen-bond donors (Lipinski definition) is 1. The lowest BCUT2D eigenvalue weighted by atomic mass is 10.3. The Balaban J connectivity index is 2.19. The van der Waals surface area contributed by atoms with Gasteiger partial charge in [-0.15, -0.1) is 0 Å². The zero-order chi connectivity index (χ0) is 12.5. The SMILES string of the molecule is CCCn1cncc1-c1nc2ccccn2c1N. The van der Waals surface area contributed by atoms with Gasteiger partial charge in [0.1, 0.15) is 17.2 Å². The second-order valence-electron chi connectivity index (χ2n) is 4.25. The van der Waals surface area contributed by atoms with Crippen LogP contribution in [0.4, 0.5) is 5.82 Å². The number of aryl methyl sites for hydroxylation is 1. The predicted molar refractivity (Wildman–Crippen MR) is 71.1 cm³/mol. The van der Waals surface area contributed by atoms with Gasteiger partial charge in [0.15, 0.2) is 0 Å². The second-order valence-corrected chi connectivity index (χ2v) is 4.25. The number of nitrogens with two attached hydrogens (primary N) is 1. The lowest BCUT2D eigenvalue weighted by Gasteiger charge is -2.04. The molecule has 0 radical (unpaired) electrons. The monoisotopic (exact) mass is 241 g/mol. The van der Waals surface area contributed by atoms with Crippen molar-refractivity contribution in [1.29, 1.82) is 0 Å². The van der Waals surface area contributed by atoms with E-state index in [9.17, 15) is 0 Å². The second kappa shape index (κ2) is 4.18. The Labute approximate surface area is 105 Å². The molecule has 0 unspecified atom stereocenters. The van der Waals surface area contributed by atoms with E-state index in [1.54, 1.807) is 0 Å². The topological polar surface area (TPSA) is 61.1 Å². The minimum atomic E-state index is 0.656. The van der Waals surface area contributed by atoms with Crippen molar-refractivity contribution in [3.8, 4) is 11.4 Å². The molecule has 0 amide bonds. The van der Waals surface area contributed by atoms with Crippen molar-refractivity contribution < 1.29 is 0 Å². The first-order valence-corrected chi connectivity index (χ1v) is 6.04. The first-order chi connectivity index (χ1) is 8.81. The fourth-order valence-electron chi connectivity index (χ4n) is 2.14. The van der Waals surface area contributed by atoms with Crippen LogP contribution in [0.2, 0.25) is 0 Å². The van der Waals surface area contributed by atoms with Crippen LogP contribution in [0.1, 0.15) is 13.3 Å². The highest BCUT2D eigenvalue weighted by atomic mass is 15.1. The third-order valence-electron chi connectivity index (χ3n) is 2.99. The first kappa shape index (κ1) is 10.8. The number of rotatable bonds is 3. The van der Waals surface area contributed by atoms with Crippen LogP contribution in [-0.4, -0.2) is 18.9 Å². The Morgan fingerprint density at radius 3 is 3.00 bits per heavy atom. The van der Waals surface area contributed by atoms with Crippen molar-refractivity contribution in [2.45, 2.75) is 19.9 Å². The van der Waals surface area contributed by atoms with Crippen LogP contribution in [-0.2, 0) is 6.54 Å². The zero-order valence-electron chi connectivity index (χ0n) is 10.2. The van der Waals surface area contributed by atoms with Gasteiger partial charge in [0.2, 0.25) is 0 Å². The molecule has 5 heteroatoms. The number of anilines is 1. The van der Waals surface area contributed by atoms with Crippen molar-refractivity contribution in [1.82, 2.24) is 18.9 Å². The highest BCUT2D eigenvalue weighted by Crippen LogP contribution is 2.26. The van der Waals surface area contributed by atoms with E-state index in [0.717, 1.165) is 30.0 Å². The molecule has 0 saturated carbocycles. The van der Waals surface area contributed by atoms with E-state index in [0.29, 0.717) is 5.82 Å². The Bertz CT molecular complexity index is 680. The fraction of sp³-hybridized carbons (Fsp3) is 0.231. The summed E-state index contributed by atoms with van der Waals surface area (Å²) in [7, 11) is 0. The molecule has 0 bridgehead atoms. The minimum Gasteiger partial charge on any atom is -0.383 e. The average Bonchev–Trinajstić information content (AvgIpc) is 2.96. The summed E-state index contributed by atoms with van der Waals surface area (Å²) in [6, 6.07) is 5.84. The molecule has 5 nitrogen and oxygen atoms in total. The summed E-state index contributed by atoms with van der Waals surface area (Å²) >= 11 is 0. The molecule has 0 aliphatic heterocycles. The molecule has 3 aromatic rings. The Morgan fingerprint density at radius 1 is 1.33 bits per heavy atom. The third kappa shape index (κ3) is 1.55. The molecule has 2 N–H and O–H groups in total. The van der Waals surface area contributed by atoms with Crippen molar-refractivity contribution in [2.75, 3.05) is 5.73 Å². The maximum absolute atomic E-state index is 6.15. The number of hydrogen-bond acceptors (Lipinski definition) is 3. The molecule has 0 fully saturated rings. The molecular formula is C13H15N5. The summed E-state index contributed by atoms with van der Waals surface area (Å²) in [5, 5.41) is 0. The Hall–Kier alpha value is -2.30. The highest BCUT2D eigenvalue weighted by molar-refractivity contribution is 5.72.